The SMILES string of the molecule is CC[C@@H](C)NS(=O)(=O)c1cc(C)c2c(c1)C(C)(C)C(=O)N2. The number of sulfonamides is 1. The number of hydrogen-bond donors (Lipinski definition) is 2. The van der Waals surface area contributed by atoms with Crippen LogP contribution in [0.2, 0.25) is 0 Å². The van der Waals surface area contributed by atoms with Crippen LogP contribution in [-0.4, -0.2) is 20.4 Å². The Bertz CT molecular complexity index is 693. The van der Waals surface area contributed by atoms with Gasteiger partial charge in [0.2, 0.25) is 15.9 Å². The lowest BCUT2D eigenvalue weighted by molar-refractivity contribution is -0.119. The van der Waals surface area contributed by atoms with Gasteiger partial charge >= 0.3 is 0 Å². The maximum absolute atomic E-state index is 12.4. The highest BCUT2D eigenvalue weighted by molar-refractivity contribution is 7.89. The molecular weight excluding hydrogens is 288 g/mol. The molecule has 0 bridgehead atoms. The summed E-state index contributed by atoms with van der Waals surface area (Å²) in [4.78, 5) is 12.2. The van der Waals surface area contributed by atoms with Gasteiger partial charge < -0.3 is 5.32 Å². The van der Waals surface area contributed by atoms with Crippen molar-refractivity contribution in [3.8, 4) is 0 Å². The Morgan fingerprint density at radius 1 is 1.33 bits per heavy atom. The van der Waals surface area contributed by atoms with Crippen LogP contribution in [0.25, 0.3) is 0 Å². The standard InChI is InChI=1S/C15H22N2O3S/c1-6-10(3)17-21(19,20)11-7-9(2)13-12(8-11)15(4,5)14(18)16-13/h7-8,10,17H,6H2,1-5H3,(H,16,18)/t10-/m1/s1. The third-order valence-electron chi connectivity index (χ3n) is 4.07. The van der Waals surface area contributed by atoms with E-state index in [0.717, 1.165) is 16.8 Å². The van der Waals surface area contributed by atoms with E-state index in [9.17, 15) is 13.2 Å². The number of aryl methyl sites for hydroxylation is 1. The van der Waals surface area contributed by atoms with Crippen LogP contribution in [0, 0.1) is 6.92 Å². The van der Waals surface area contributed by atoms with E-state index in [2.05, 4.69) is 10.0 Å². The topological polar surface area (TPSA) is 75.3 Å². The summed E-state index contributed by atoms with van der Waals surface area (Å²) in [5.74, 6) is -0.106. The fourth-order valence-corrected chi connectivity index (χ4v) is 3.81. The van der Waals surface area contributed by atoms with Gasteiger partial charge in [-0.05, 0) is 57.4 Å². The van der Waals surface area contributed by atoms with E-state index in [1.807, 2.05) is 20.8 Å². The Hall–Kier alpha value is -1.40. The Morgan fingerprint density at radius 3 is 2.52 bits per heavy atom. The Kier molecular flexibility index (Phi) is 3.88. The number of anilines is 1. The molecule has 1 aliphatic rings. The number of carbonyl (C=O) groups is 1. The molecule has 1 aliphatic heterocycles. The summed E-state index contributed by atoms with van der Waals surface area (Å²) in [5, 5.41) is 2.83. The van der Waals surface area contributed by atoms with Gasteiger partial charge in [-0.3, -0.25) is 4.79 Å². The molecule has 21 heavy (non-hydrogen) atoms. The quantitative estimate of drug-likeness (QED) is 0.896. The summed E-state index contributed by atoms with van der Waals surface area (Å²) in [7, 11) is -3.57. The molecule has 0 fully saturated rings. The van der Waals surface area contributed by atoms with Gasteiger partial charge in [0.15, 0.2) is 0 Å². The second kappa shape index (κ2) is 5.10. The second-order valence-corrected chi connectivity index (χ2v) is 7.89. The molecule has 1 aromatic carbocycles. The zero-order valence-corrected chi connectivity index (χ0v) is 13.9. The van der Waals surface area contributed by atoms with Gasteiger partial charge in [0.1, 0.15) is 0 Å². The molecule has 1 heterocycles. The highest BCUT2D eigenvalue weighted by Gasteiger charge is 2.40. The predicted molar refractivity (Wildman–Crippen MR) is 82.9 cm³/mol. The lowest BCUT2D eigenvalue weighted by Gasteiger charge is -2.18. The predicted octanol–water partition coefficient (Wildman–Crippen LogP) is 2.30. The van der Waals surface area contributed by atoms with E-state index in [-0.39, 0.29) is 16.8 Å². The van der Waals surface area contributed by atoms with Crippen molar-refractivity contribution in [3.63, 3.8) is 0 Å². The summed E-state index contributed by atoms with van der Waals surface area (Å²) in [6.07, 6.45) is 0.717. The third kappa shape index (κ3) is 2.70. The van der Waals surface area contributed by atoms with E-state index in [4.69, 9.17) is 0 Å². The highest BCUT2D eigenvalue weighted by atomic mass is 32.2. The molecule has 2 rings (SSSR count). The molecule has 1 aromatic rings. The van der Waals surface area contributed by atoms with Crippen LogP contribution < -0.4 is 10.0 Å². The van der Waals surface area contributed by atoms with Crippen LogP contribution in [0.15, 0.2) is 17.0 Å². The zero-order chi connectivity index (χ0) is 16.0. The Morgan fingerprint density at radius 2 is 1.95 bits per heavy atom. The van der Waals surface area contributed by atoms with E-state index in [1.54, 1.807) is 26.0 Å². The third-order valence-corrected chi connectivity index (χ3v) is 5.64. The van der Waals surface area contributed by atoms with Gasteiger partial charge in [-0.25, -0.2) is 13.1 Å². The van der Waals surface area contributed by atoms with Gasteiger partial charge in [0, 0.05) is 11.7 Å². The average molecular weight is 310 g/mol. The first-order valence-electron chi connectivity index (χ1n) is 7.08. The fraction of sp³-hybridized carbons (Fsp3) is 0.533. The molecule has 0 aliphatic carbocycles. The van der Waals surface area contributed by atoms with Crippen molar-refractivity contribution in [1.82, 2.24) is 4.72 Å². The number of hydrogen-bond acceptors (Lipinski definition) is 3. The van der Waals surface area contributed by atoms with Gasteiger partial charge in [0.25, 0.3) is 0 Å². The van der Waals surface area contributed by atoms with E-state index >= 15 is 0 Å². The van der Waals surface area contributed by atoms with E-state index < -0.39 is 15.4 Å². The van der Waals surface area contributed by atoms with Crippen LogP contribution in [0.3, 0.4) is 0 Å². The van der Waals surface area contributed by atoms with Gasteiger partial charge in [0.05, 0.1) is 10.3 Å². The van der Waals surface area contributed by atoms with Crippen molar-refractivity contribution in [3.05, 3.63) is 23.3 Å². The number of fused-ring (bicyclic) bond motifs is 1. The van der Waals surface area contributed by atoms with Crippen molar-refractivity contribution >= 4 is 21.6 Å². The summed E-state index contributed by atoms with van der Waals surface area (Å²) < 4.78 is 27.5. The zero-order valence-electron chi connectivity index (χ0n) is 13.1. The lowest BCUT2D eigenvalue weighted by atomic mass is 9.85. The largest absolute Gasteiger partial charge is 0.325 e. The second-order valence-electron chi connectivity index (χ2n) is 6.17. The van der Waals surface area contributed by atoms with Crippen LogP contribution in [0.1, 0.15) is 45.2 Å². The lowest BCUT2D eigenvalue weighted by Crippen LogP contribution is -2.32. The first-order chi connectivity index (χ1) is 9.59. The van der Waals surface area contributed by atoms with Gasteiger partial charge in [-0.2, -0.15) is 0 Å². The van der Waals surface area contributed by atoms with Crippen molar-refractivity contribution in [2.45, 2.75) is 57.4 Å². The first-order valence-corrected chi connectivity index (χ1v) is 8.56. The molecule has 0 aromatic heterocycles. The normalized spacial score (nSPS) is 18.2. The molecule has 0 saturated carbocycles. The molecule has 5 nitrogen and oxygen atoms in total. The summed E-state index contributed by atoms with van der Waals surface area (Å²) >= 11 is 0. The van der Waals surface area contributed by atoms with Crippen LogP contribution in [0.4, 0.5) is 5.69 Å². The number of amides is 1. The first kappa shape index (κ1) is 16.0. The number of nitrogens with one attached hydrogen (secondary N) is 2. The van der Waals surface area contributed by atoms with E-state index in [0.29, 0.717) is 6.42 Å². The summed E-state index contributed by atoms with van der Waals surface area (Å²) in [6, 6.07) is 3.08. The van der Waals surface area contributed by atoms with Crippen LogP contribution in [-0.2, 0) is 20.2 Å². The average Bonchev–Trinajstić information content (AvgIpc) is 2.61. The molecule has 1 amide bonds. The van der Waals surface area contributed by atoms with Crippen molar-refractivity contribution in [2.24, 2.45) is 0 Å². The minimum absolute atomic E-state index is 0.106. The minimum Gasteiger partial charge on any atom is -0.325 e. The minimum atomic E-state index is -3.57. The molecule has 1 atom stereocenters. The van der Waals surface area contributed by atoms with Crippen molar-refractivity contribution < 1.29 is 13.2 Å². The molecule has 0 spiro atoms. The summed E-state index contributed by atoms with van der Waals surface area (Å²) in [6.45, 7) is 9.15. The molecular formula is C15H22N2O3S. The number of rotatable bonds is 4. The Labute approximate surface area is 126 Å². The number of benzene rings is 1. The smallest absolute Gasteiger partial charge is 0.240 e. The van der Waals surface area contributed by atoms with Gasteiger partial charge in [-0.15, -0.1) is 0 Å². The van der Waals surface area contributed by atoms with Crippen molar-refractivity contribution in [2.75, 3.05) is 5.32 Å². The molecule has 0 radical (unpaired) electrons. The maximum atomic E-state index is 12.4. The van der Waals surface area contributed by atoms with E-state index in [1.165, 1.54) is 0 Å². The van der Waals surface area contributed by atoms with Crippen LogP contribution >= 0.6 is 0 Å². The maximum Gasteiger partial charge on any atom is 0.240 e. The molecule has 6 heteroatoms. The number of carbonyl (C=O) groups excluding carboxylic acids is 1. The molecule has 116 valence electrons. The summed E-state index contributed by atoms with van der Waals surface area (Å²) in [5.41, 5.74) is 1.50. The monoisotopic (exact) mass is 310 g/mol. The highest BCUT2D eigenvalue weighted by Crippen LogP contribution is 2.40. The van der Waals surface area contributed by atoms with Gasteiger partial charge in [-0.1, -0.05) is 6.92 Å². The Balaban J connectivity index is 2.53. The van der Waals surface area contributed by atoms with Crippen molar-refractivity contribution in [1.29, 1.82) is 0 Å². The van der Waals surface area contributed by atoms with Crippen LogP contribution in [0.5, 0.6) is 0 Å². The fourth-order valence-electron chi connectivity index (χ4n) is 2.38. The molecule has 0 saturated heterocycles. The molecule has 2 N–H and O–H groups in total. The molecule has 0 unspecified atom stereocenters.